The Labute approximate surface area is 210 Å². The molecule has 1 atom stereocenters. The number of unbranched alkanes of at least 4 members (excludes halogenated alkanes) is 2. The average Bonchev–Trinajstić information content (AvgIpc) is 3.23. The van der Waals surface area contributed by atoms with Crippen molar-refractivity contribution in [1.82, 2.24) is 10.2 Å². The number of anilines is 1. The highest BCUT2D eigenvalue weighted by Gasteiger charge is 2.27. The summed E-state index contributed by atoms with van der Waals surface area (Å²) in [6.45, 7) is 11.8. The molecule has 0 saturated heterocycles. The van der Waals surface area contributed by atoms with Gasteiger partial charge in [0, 0.05) is 36.3 Å². The number of hydrogen-bond acceptors (Lipinski definition) is 8. The van der Waals surface area contributed by atoms with E-state index in [9.17, 15) is 17.5 Å². The predicted octanol–water partition coefficient (Wildman–Crippen LogP) is 6.38. The van der Waals surface area contributed by atoms with Crippen LogP contribution in [-0.2, 0) is 20.9 Å². The van der Waals surface area contributed by atoms with Crippen LogP contribution in [0.15, 0.2) is 26.7 Å². The predicted molar refractivity (Wildman–Crippen MR) is 131 cm³/mol. The maximum Gasteiger partial charge on any atom is 0.435 e. The van der Waals surface area contributed by atoms with Gasteiger partial charge in [-0.15, -0.1) is 0 Å². The van der Waals surface area contributed by atoms with Gasteiger partial charge in [-0.05, 0) is 37.3 Å². The van der Waals surface area contributed by atoms with E-state index >= 15 is 0 Å². The molecule has 10 nitrogen and oxygen atoms in total. The van der Waals surface area contributed by atoms with Crippen molar-refractivity contribution in [3.63, 3.8) is 0 Å². The Hall–Kier alpha value is -2.74. The Kier molecular flexibility index (Phi) is 11.6. The van der Waals surface area contributed by atoms with Gasteiger partial charge in [0.15, 0.2) is 0 Å². The van der Waals surface area contributed by atoms with Gasteiger partial charge in [0.05, 0.1) is 18.8 Å². The fourth-order valence-electron chi connectivity index (χ4n) is 3.44. The second-order valence-electron chi connectivity index (χ2n) is 7.92. The molecule has 202 valence electrons. The van der Waals surface area contributed by atoms with E-state index in [1.54, 1.807) is 11.5 Å². The molecule has 0 amide bonds. The Bertz CT molecular complexity index is 1130. The zero-order chi connectivity index (χ0) is 26.7. The molecule has 0 fully saturated rings. The largest absolute Gasteiger partial charge is 0.492 e. The lowest BCUT2D eigenvalue weighted by Gasteiger charge is -2.27. The number of nitrogens with one attached hydrogen (secondary N) is 1. The molecule has 2 aromatic rings. The quantitative estimate of drug-likeness (QED) is 0.211. The summed E-state index contributed by atoms with van der Waals surface area (Å²) in [5, 5.41) is 15.1. The monoisotopic (exact) mass is 534 g/mol. The van der Waals surface area contributed by atoms with Crippen LogP contribution in [0.25, 0.3) is 0 Å². The van der Waals surface area contributed by atoms with Crippen LogP contribution < -0.4 is 14.2 Å². The number of azo groups is 1. The lowest BCUT2D eigenvalue weighted by molar-refractivity contribution is -0.687. The summed E-state index contributed by atoms with van der Waals surface area (Å²) >= 11 is 0. The number of aromatic nitrogens is 3. The van der Waals surface area contributed by atoms with E-state index in [2.05, 4.69) is 43.0 Å². The molecule has 14 heteroatoms. The standard InChI is InChI=1S/C22H34F3N7O3S/c1-6-10-12-31(13-11-7-2)19-14-18(30-36(33,35-25)21(23)24)17(15-20(19)34-9-4)27-29-22-28-26-16(5)32(22)8-3/h14-15,21H,6-13H2,1-5H3/p+1. The highest BCUT2D eigenvalue weighted by atomic mass is 32.2. The number of benzene rings is 1. The second kappa shape index (κ2) is 14.1. The molecule has 0 bridgehead atoms. The third-order valence-corrected chi connectivity index (χ3v) is 6.41. The van der Waals surface area contributed by atoms with E-state index in [1.165, 1.54) is 12.1 Å². The second-order valence-corrected chi connectivity index (χ2v) is 9.61. The normalized spacial score (nSPS) is 13.4. The van der Waals surface area contributed by atoms with E-state index in [-0.39, 0.29) is 17.3 Å². The summed E-state index contributed by atoms with van der Waals surface area (Å²) in [6, 6.07) is 2.88. The van der Waals surface area contributed by atoms with Gasteiger partial charge in [-0.3, -0.25) is 0 Å². The third-order valence-electron chi connectivity index (χ3n) is 5.33. The molecule has 0 aliphatic heterocycles. The minimum absolute atomic E-state index is 0.0538. The van der Waals surface area contributed by atoms with Crippen molar-refractivity contribution < 1.29 is 31.2 Å². The molecular formula is C22H35F3N7O3S+. The van der Waals surface area contributed by atoms with Gasteiger partial charge in [0.2, 0.25) is 5.82 Å². The number of nitrogens with zero attached hydrogens (tertiary/aromatic N) is 6. The van der Waals surface area contributed by atoms with Crippen LogP contribution in [0, 0.1) is 6.92 Å². The maximum atomic E-state index is 13.4. The van der Waals surface area contributed by atoms with Crippen LogP contribution in [0.1, 0.15) is 59.2 Å². The minimum Gasteiger partial charge on any atom is -0.492 e. The van der Waals surface area contributed by atoms with Crippen LogP contribution in [0.5, 0.6) is 5.75 Å². The Balaban J connectivity index is 2.76. The molecule has 0 saturated carbocycles. The number of ether oxygens (including phenoxy) is 1. The van der Waals surface area contributed by atoms with Crippen LogP contribution in [0.2, 0.25) is 0 Å². The average molecular weight is 535 g/mol. The van der Waals surface area contributed by atoms with Crippen molar-refractivity contribution in [2.75, 3.05) is 24.6 Å². The fourth-order valence-corrected chi connectivity index (χ4v) is 4.03. The highest BCUT2D eigenvalue weighted by molar-refractivity contribution is 7.89. The van der Waals surface area contributed by atoms with E-state index in [0.717, 1.165) is 31.5 Å². The van der Waals surface area contributed by atoms with E-state index in [0.29, 0.717) is 37.7 Å². The van der Waals surface area contributed by atoms with Crippen LogP contribution in [0.4, 0.5) is 36.3 Å². The van der Waals surface area contributed by atoms with Gasteiger partial charge in [-0.25, -0.2) is 8.78 Å². The topological polar surface area (TPSA) is 108 Å². The molecule has 1 unspecified atom stereocenters. The zero-order valence-electron chi connectivity index (χ0n) is 21.3. The van der Waals surface area contributed by atoms with Gasteiger partial charge in [-0.1, -0.05) is 36.2 Å². The van der Waals surface area contributed by atoms with Crippen molar-refractivity contribution in [3.05, 3.63) is 18.0 Å². The summed E-state index contributed by atoms with van der Waals surface area (Å²) in [6.07, 6.45) is 3.62. The summed E-state index contributed by atoms with van der Waals surface area (Å²) in [7, 11) is -4.98. The molecule has 1 heterocycles. The number of aromatic amines is 1. The van der Waals surface area contributed by atoms with Crippen molar-refractivity contribution in [3.8, 4) is 5.75 Å². The van der Waals surface area contributed by atoms with Gasteiger partial charge in [0.1, 0.15) is 17.1 Å². The lowest BCUT2D eigenvalue weighted by Crippen LogP contribution is -2.33. The first-order chi connectivity index (χ1) is 17.2. The van der Waals surface area contributed by atoms with E-state index in [4.69, 9.17) is 4.74 Å². The van der Waals surface area contributed by atoms with Crippen molar-refractivity contribution >= 4 is 33.0 Å². The molecule has 0 aliphatic carbocycles. The number of alkyl halides is 2. The van der Waals surface area contributed by atoms with Crippen molar-refractivity contribution in [1.29, 1.82) is 0 Å². The molecule has 0 aliphatic rings. The highest BCUT2D eigenvalue weighted by Crippen LogP contribution is 2.42. The van der Waals surface area contributed by atoms with Crippen LogP contribution in [0.3, 0.4) is 0 Å². The first kappa shape index (κ1) is 29.5. The molecule has 0 spiro atoms. The number of aryl methyl sites for hydroxylation is 1. The molecule has 1 aromatic heterocycles. The first-order valence-corrected chi connectivity index (χ1v) is 13.5. The van der Waals surface area contributed by atoms with E-state index in [1.807, 2.05) is 18.7 Å². The number of hydrogen-bond donors (Lipinski definition) is 1. The summed E-state index contributed by atoms with van der Waals surface area (Å²) in [5.41, 5.74) is 0.223. The SMILES string of the molecule is CCCCN(CCCC)c1cc(N=S(=O)(OF)C(F)F)c(N=Nc2n[nH]c(C)[n+]2CC)cc1OCC. The molecule has 0 radical (unpaired) electrons. The molecule has 36 heavy (non-hydrogen) atoms. The fraction of sp³-hybridized carbons (Fsp3) is 0.636. The van der Waals surface area contributed by atoms with Crippen LogP contribution >= 0.6 is 0 Å². The smallest absolute Gasteiger partial charge is 0.435 e. The third kappa shape index (κ3) is 7.38. The summed E-state index contributed by atoms with van der Waals surface area (Å²) in [5.74, 6) is -2.30. The number of rotatable bonds is 15. The Morgan fingerprint density at radius 3 is 2.31 bits per heavy atom. The molecule has 1 N–H and O–H groups in total. The van der Waals surface area contributed by atoms with E-state index < -0.39 is 15.8 Å². The van der Waals surface area contributed by atoms with Gasteiger partial charge in [-0.2, -0.15) is 18.2 Å². The summed E-state index contributed by atoms with van der Waals surface area (Å²) in [4.78, 5) is 2.04. The first-order valence-electron chi connectivity index (χ1n) is 12.0. The maximum absolute atomic E-state index is 13.4. The van der Waals surface area contributed by atoms with Crippen LogP contribution in [-0.4, -0.2) is 39.9 Å². The van der Waals surface area contributed by atoms with Gasteiger partial charge < -0.3 is 9.64 Å². The zero-order valence-corrected chi connectivity index (χ0v) is 22.2. The Morgan fingerprint density at radius 2 is 1.78 bits per heavy atom. The Morgan fingerprint density at radius 1 is 1.11 bits per heavy atom. The number of halogens is 3. The summed E-state index contributed by atoms with van der Waals surface area (Å²) < 4.78 is 66.3. The molecular weight excluding hydrogens is 499 g/mol. The molecule has 1 aromatic carbocycles. The van der Waals surface area contributed by atoms with Gasteiger partial charge in [0.25, 0.3) is 10.0 Å². The van der Waals surface area contributed by atoms with Crippen molar-refractivity contribution in [2.45, 2.75) is 72.6 Å². The van der Waals surface area contributed by atoms with Crippen molar-refractivity contribution in [2.24, 2.45) is 14.6 Å². The van der Waals surface area contributed by atoms with Gasteiger partial charge >= 0.3 is 11.7 Å². The number of H-pyrrole nitrogens is 1. The minimum atomic E-state index is -4.98. The lowest BCUT2D eigenvalue weighted by atomic mass is 10.1. The molecule has 2 rings (SSSR count).